The minimum atomic E-state index is -1.46. The number of hydrogen-bond acceptors (Lipinski definition) is 5. The minimum absolute atomic E-state index is 0.0545. The van der Waals surface area contributed by atoms with E-state index >= 15 is 0 Å². The maximum absolute atomic E-state index is 11.9. The van der Waals surface area contributed by atoms with Crippen molar-refractivity contribution < 1.29 is 64.0 Å². The van der Waals surface area contributed by atoms with Crippen LogP contribution in [0.15, 0.2) is 24.3 Å². The number of urea groups is 2. The van der Waals surface area contributed by atoms with E-state index in [0.717, 1.165) is 3.27 Å². The van der Waals surface area contributed by atoms with Gasteiger partial charge in [-0.3, -0.25) is 4.79 Å². The third-order valence-corrected chi connectivity index (χ3v) is 5.46. The summed E-state index contributed by atoms with van der Waals surface area (Å²) < 4.78 is 0.962. The van der Waals surface area contributed by atoms with Crippen molar-refractivity contribution in [3.8, 4) is 0 Å². The Morgan fingerprint density at radius 1 is 0.844 bits per heavy atom. The summed E-state index contributed by atoms with van der Waals surface area (Å²) in [6.07, 6.45) is 0.0663. The molecule has 0 fully saturated rings. The van der Waals surface area contributed by atoms with Crippen molar-refractivity contribution >= 4 is 38.9 Å². The third kappa shape index (κ3) is 10.9. The van der Waals surface area contributed by atoms with Gasteiger partial charge < -0.3 is 15.5 Å². The molecule has 0 aliphatic heterocycles. The van der Waals surface area contributed by atoms with Gasteiger partial charge in [0, 0.05) is 6.42 Å². The Hall–Kier alpha value is -2.95. The summed E-state index contributed by atoms with van der Waals surface area (Å²) in [5.74, 6) is -3.95. The Kier molecular flexibility index (Phi) is 12.0. The number of benzene rings is 1. The summed E-state index contributed by atoms with van der Waals surface area (Å²) in [6.45, 7) is 0.289. The van der Waals surface area contributed by atoms with Gasteiger partial charge in [0.25, 0.3) is 0 Å². The van der Waals surface area contributed by atoms with Gasteiger partial charge in [0.15, 0.2) is 0 Å². The molecule has 1 aromatic carbocycles. The van der Waals surface area contributed by atoms with E-state index < -0.39 is 42.4 Å². The van der Waals surface area contributed by atoms with E-state index in [0.29, 0.717) is 18.5 Å². The average Bonchev–Trinajstić information content (AvgIpc) is 2.71. The van der Waals surface area contributed by atoms with E-state index in [4.69, 9.17) is 10.2 Å². The van der Waals surface area contributed by atoms with Crippen molar-refractivity contribution in [2.24, 2.45) is 0 Å². The van der Waals surface area contributed by atoms with Crippen molar-refractivity contribution in [3.63, 3.8) is 0 Å². The van der Waals surface area contributed by atoms with E-state index in [1.54, 1.807) is 12.1 Å². The number of carboxylic acid groups (broad SMARTS) is 3. The molecule has 32 heavy (non-hydrogen) atoms. The number of amides is 4. The van der Waals surface area contributed by atoms with Crippen LogP contribution in [0.4, 0.5) is 15.3 Å². The van der Waals surface area contributed by atoms with Gasteiger partial charge in [0.2, 0.25) is 0 Å². The summed E-state index contributed by atoms with van der Waals surface area (Å²) >= 11 is 1.43. The second-order valence-corrected chi connectivity index (χ2v) is 8.27. The second kappa shape index (κ2) is 14.2. The van der Waals surface area contributed by atoms with Gasteiger partial charge in [-0.2, -0.15) is 0 Å². The Balaban J connectivity index is 2.38. The molecule has 12 nitrogen and oxygen atoms in total. The summed E-state index contributed by atoms with van der Waals surface area (Å²) in [6, 6.07) is 3.19. The zero-order chi connectivity index (χ0) is 24.1. The topological polar surface area (TPSA) is 194 Å². The molecule has 0 radical (unpaired) electrons. The van der Waals surface area contributed by atoms with Crippen LogP contribution >= 0.6 is 0 Å². The molecular formula is C19H25AtN4O8. The van der Waals surface area contributed by atoms with E-state index in [1.807, 2.05) is 12.1 Å². The van der Waals surface area contributed by atoms with Crippen LogP contribution in [0.2, 0.25) is 0 Å². The van der Waals surface area contributed by atoms with Gasteiger partial charge in [-0.05, 0) is 6.42 Å². The molecule has 2 atom stereocenters. The van der Waals surface area contributed by atoms with E-state index in [-0.39, 0.29) is 25.4 Å². The molecule has 7 N–H and O–H groups in total. The first-order chi connectivity index (χ1) is 15.1. The SMILES string of the molecule is O=C(O)CC[C@H](NC(=O)N[C@@H](CCCCNC(=O)Nc1ccccc1[At])C(=O)O)C(=O)O. The van der Waals surface area contributed by atoms with Crippen LogP contribution in [0.1, 0.15) is 32.1 Å². The number of anilines is 1. The van der Waals surface area contributed by atoms with Gasteiger partial charge >= 0.3 is 150 Å². The fourth-order valence-electron chi connectivity index (χ4n) is 2.55. The molecule has 1 aromatic rings. The molecule has 0 aliphatic carbocycles. The summed E-state index contributed by atoms with van der Waals surface area (Å²) in [5.41, 5.74) is 0.700. The first-order valence-electron chi connectivity index (χ1n) is 9.64. The number of rotatable bonds is 13. The molecule has 176 valence electrons. The number of unbranched alkanes of at least 4 members (excludes halogenated alkanes) is 1. The number of nitrogens with one attached hydrogen (secondary N) is 4. The molecule has 13 heteroatoms. The molecule has 0 saturated heterocycles. The molecule has 0 spiro atoms. The number of carbonyl (C=O) groups is 5. The fourth-order valence-corrected chi connectivity index (χ4v) is 3.26. The van der Waals surface area contributed by atoms with Crippen LogP contribution in [0.3, 0.4) is 0 Å². The maximum atomic E-state index is 11.9. The van der Waals surface area contributed by atoms with Crippen molar-refractivity contribution in [2.45, 2.75) is 44.2 Å². The predicted octanol–water partition coefficient (Wildman–Crippen LogP) is 0.223. The van der Waals surface area contributed by atoms with Crippen LogP contribution in [0, 0.1) is 24.7 Å². The van der Waals surface area contributed by atoms with Crippen molar-refractivity contribution in [3.05, 3.63) is 24.3 Å². The summed E-state index contributed by atoms with van der Waals surface area (Å²) in [7, 11) is 0. The van der Waals surface area contributed by atoms with Gasteiger partial charge in [-0.15, -0.1) is 0 Å². The molecule has 0 heterocycles. The smallest absolute Gasteiger partial charge is 0.480 e. The molecule has 0 aliphatic rings. The van der Waals surface area contributed by atoms with Gasteiger partial charge in [0.1, 0.15) is 6.04 Å². The number of carbonyl (C=O) groups excluding carboxylic acids is 2. The first-order valence-corrected chi connectivity index (χ1v) is 11.1. The zero-order valence-corrected chi connectivity index (χ0v) is 19.9. The van der Waals surface area contributed by atoms with Crippen molar-refractivity contribution in [1.82, 2.24) is 16.0 Å². The second-order valence-electron chi connectivity index (χ2n) is 6.69. The Morgan fingerprint density at radius 3 is 2.00 bits per heavy atom. The number of aliphatic carboxylic acids is 3. The Labute approximate surface area is 199 Å². The molecule has 1 rings (SSSR count). The molecule has 0 aromatic heterocycles. The molecule has 0 unspecified atom stereocenters. The van der Waals surface area contributed by atoms with Gasteiger partial charge in [-0.1, -0.05) is 0 Å². The molecule has 0 bridgehead atoms. The van der Waals surface area contributed by atoms with Gasteiger partial charge in [-0.25, -0.2) is 9.59 Å². The van der Waals surface area contributed by atoms with Crippen molar-refractivity contribution in [1.29, 1.82) is 0 Å². The van der Waals surface area contributed by atoms with Crippen LogP contribution < -0.4 is 24.5 Å². The number of carboxylic acids is 3. The first kappa shape index (κ1) is 27.1. The Bertz CT molecular complexity index is 835. The standard InChI is InChI=1S/C19H25AtN4O8/c20-11-5-1-2-6-12(11)22-18(31)21-10-4-3-7-13(16(27)28)23-19(32)24-14(17(29)30)8-9-15(25)26/h1-2,5-6,13-14H,3-4,7-10H2,(H,25,26)(H,27,28)(H,29,30)(H2,21,22,31)(H2,23,24,32)/t13-,14-/m0/s1. The molecule has 0 saturated carbocycles. The predicted molar refractivity (Wildman–Crippen MR) is 108 cm³/mol. The monoisotopic (exact) mass is 647 g/mol. The fraction of sp³-hybridized carbons (Fsp3) is 0.421. The van der Waals surface area contributed by atoms with Crippen LogP contribution in [-0.4, -0.2) is 63.9 Å². The van der Waals surface area contributed by atoms with Crippen LogP contribution in [-0.2, 0) is 14.4 Å². The molecular weight excluding hydrogens is 622 g/mol. The number of para-hydroxylation sites is 1. The average molecular weight is 647 g/mol. The van der Waals surface area contributed by atoms with E-state index in [9.17, 15) is 29.1 Å². The minimum Gasteiger partial charge on any atom is -0.480 e. The normalized spacial score (nSPS) is 12.2. The summed E-state index contributed by atoms with van der Waals surface area (Å²) in [4.78, 5) is 56.9. The zero-order valence-electron chi connectivity index (χ0n) is 17.0. The third-order valence-electron chi connectivity index (χ3n) is 4.18. The van der Waals surface area contributed by atoms with Gasteiger partial charge in [0.05, 0.1) is 0 Å². The van der Waals surface area contributed by atoms with Crippen LogP contribution in [0.25, 0.3) is 0 Å². The van der Waals surface area contributed by atoms with Crippen LogP contribution in [0.5, 0.6) is 0 Å². The van der Waals surface area contributed by atoms with Crippen molar-refractivity contribution in [2.75, 3.05) is 11.9 Å². The van der Waals surface area contributed by atoms with E-state index in [1.165, 1.54) is 24.7 Å². The Morgan fingerprint density at radius 2 is 1.44 bits per heavy atom. The van der Waals surface area contributed by atoms with E-state index in [2.05, 4.69) is 21.3 Å². The molecule has 4 amide bonds. The number of hydrogen-bond donors (Lipinski definition) is 7. The summed E-state index contributed by atoms with van der Waals surface area (Å²) in [5, 5.41) is 36.5. The quantitative estimate of drug-likeness (QED) is 0.148.